The zero-order valence-corrected chi connectivity index (χ0v) is 15.7. The summed E-state index contributed by atoms with van der Waals surface area (Å²) in [6.07, 6.45) is 1.91. The van der Waals surface area contributed by atoms with Crippen LogP contribution in [-0.4, -0.2) is 34.8 Å². The number of sulfonamides is 1. The Morgan fingerprint density at radius 2 is 1.79 bits per heavy atom. The fourth-order valence-corrected chi connectivity index (χ4v) is 3.94. The first-order chi connectivity index (χ1) is 11.3. The number of esters is 1. The number of carbonyl (C=O) groups is 1. The number of hydrogen-bond donors (Lipinski definition) is 0. The molecule has 0 aliphatic heterocycles. The van der Waals surface area contributed by atoms with E-state index in [0.29, 0.717) is 0 Å². The molecule has 0 unspecified atom stereocenters. The molecule has 0 N–H and O–H groups in total. The molecule has 8 heteroatoms. The van der Waals surface area contributed by atoms with Crippen molar-refractivity contribution in [2.75, 3.05) is 24.7 Å². The molecule has 2 aromatic rings. The minimum Gasteiger partial charge on any atom is -0.465 e. The fraction of sp³-hybridized carbons (Fsp3) is 0.188. The van der Waals surface area contributed by atoms with Crippen molar-refractivity contribution >= 4 is 45.0 Å². The third kappa shape index (κ3) is 3.68. The Morgan fingerprint density at radius 3 is 2.33 bits per heavy atom. The summed E-state index contributed by atoms with van der Waals surface area (Å²) < 4.78 is 31.3. The molecule has 24 heavy (non-hydrogen) atoms. The van der Waals surface area contributed by atoms with Crippen LogP contribution in [0.4, 0.5) is 5.69 Å². The second kappa shape index (κ2) is 7.46. The zero-order chi connectivity index (χ0) is 17.9. The van der Waals surface area contributed by atoms with Gasteiger partial charge in [-0.25, -0.2) is 13.2 Å². The van der Waals surface area contributed by atoms with Gasteiger partial charge in [0.2, 0.25) is 0 Å². The molecule has 0 saturated heterocycles. The van der Waals surface area contributed by atoms with E-state index < -0.39 is 16.0 Å². The Labute approximate surface area is 150 Å². The van der Waals surface area contributed by atoms with E-state index in [1.807, 2.05) is 6.26 Å². The van der Waals surface area contributed by atoms with Gasteiger partial charge >= 0.3 is 5.97 Å². The first kappa shape index (κ1) is 18.6. The van der Waals surface area contributed by atoms with Crippen LogP contribution in [0.15, 0.2) is 52.3 Å². The second-order valence-electron chi connectivity index (χ2n) is 4.81. The van der Waals surface area contributed by atoms with E-state index in [4.69, 9.17) is 11.6 Å². The number of hydrogen-bond acceptors (Lipinski definition) is 5. The lowest BCUT2D eigenvalue weighted by Gasteiger charge is -2.21. The number of ether oxygens (including phenoxy) is 1. The molecule has 0 radical (unpaired) electrons. The summed E-state index contributed by atoms with van der Waals surface area (Å²) in [4.78, 5) is 12.8. The fourth-order valence-electron chi connectivity index (χ4n) is 2.03. The standard InChI is InChI=1S/C16H16ClNO4S2/c1-18(15-10-11(16(19)22-2)4-9-14(15)17)24(20,21)13-7-5-12(23-3)6-8-13/h4-10H,1-3H3. The number of rotatable bonds is 5. The normalized spacial score (nSPS) is 11.2. The van der Waals surface area contributed by atoms with Crippen molar-refractivity contribution < 1.29 is 17.9 Å². The topological polar surface area (TPSA) is 63.7 Å². The van der Waals surface area contributed by atoms with Crippen molar-refractivity contribution in [3.63, 3.8) is 0 Å². The van der Waals surface area contributed by atoms with Gasteiger partial charge in [0.05, 0.1) is 28.3 Å². The maximum atomic E-state index is 12.8. The Balaban J connectivity index is 2.45. The molecule has 0 spiro atoms. The zero-order valence-electron chi connectivity index (χ0n) is 13.3. The first-order valence-electron chi connectivity index (χ1n) is 6.82. The maximum Gasteiger partial charge on any atom is 0.337 e. The Bertz CT molecular complexity index is 851. The van der Waals surface area contributed by atoms with Gasteiger partial charge in [-0.1, -0.05) is 11.6 Å². The number of methoxy groups -OCH3 is 1. The van der Waals surface area contributed by atoms with Gasteiger partial charge in [-0.05, 0) is 48.7 Å². The summed E-state index contributed by atoms with van der Waals surface area (Å²) >= 11 is 7.64. The van der Waals surface area contributed by atoms with Gasteiger partial charge in [-0.15, -0.1) is 11.8 Å². The molecular formula is C16H16ClNO4S2. The summed E-state index contributed by atoms with van der Waals surface area (Å²) in [6.45, 7) is 0. The highest BCUT2D eigenvalue weighted by atomic mass is 35.5. The van der Waals surface area contributed by atoms with Gasteiger partial charge in [0, 0.05) is 11.9 Å². The van der Waals surface area contributed by atoms with Gasteiger partial charge in [0.1, 0.15) is 0 Å². The maximum absolute atomic E-state index is 12.8. The van der Waals surface area contributed by atoms with Gasteiger partial charge in [-0.3, -0.25) is 4.31 Å². The Hall–Kier alpha value is -1.70. The van der Waals surface area contributed by atoms with E-state index in [9.17, 15) is 13.2 Å². The average Bonchev–Trinajstić information content (AvgIpc) is 2.60. The van der Waals surface area contributed by atoms with Gasteiger partial charge in [0.15, 0.2) is 0 Å². The Morgan fingerprint density at radius 1 is 1.17 bits per heavy atom. The lowest BCUT2D eigenvalue weighted by atomic mass is 10.2. The van der Waals surface area contributed by atoms with Gasteiger partial charge in [-0.2, -0.15) is 0 Å². The predicted molar refractivity (Wildman–Crippen MR) is 96.6 cm³/mol. The summed E-state index contributed by atoms with van der Waals surface area (Å²) in [7, 11) is -1.16. The SMILES string of the molecule is COC(=O)c1ccc(Cl)c(N(C)S(=O)(=O)c2ccc(SC)cc2)c1. The molecule has 0 heterocycles. The van der Waals surface area contributed by atoms with E-state index in [1.54, 1.807) is 12.1 Å². The van der Waals surface area contributed by atoms with E-state index >= 15 is 0 Å². The number of thioether (sulfide) groups is 1. The molecule has 5 nitrogen and oxygen atoms in total. The molecule has 0 bridgehead atoms. The molecular weight excluding hydrogens is 370 g/mol. The lowest BCUT2D eigenvalue weighted by Crippen LogP contribution is -2.27. The number of halogens is 1. The Kier molecular flexibility index (Phi) is 5.79. The minimum absolute atomic E-state index is 0.141. The molecule has 0 saturated carbocycles. The van der Waals surface area contributed by atoms with Gasteiger partial charge in [0.25, 0.3) is 10.0 Å². The highest BCUT2D eigenvalue weighted by molar-refractivity contribution is 7.98. The number of nitrogens with zero attached hydrogens (tertiary/aromatic N) is 1. The van der Waals surface area contributed by atoms with Crippen molar-refractivity contribution in [1.82, 2.24) is 0 Å². The van der Waals surface area contributed by atoms with E-state index in [2.05, 4.69) is 4.74 Å². The van der Waals surface area contributed by atoms with Crippen LogP contribution in [0.1, 0.15) is 10.4 Å². The predicted octanol–water partition coefficient (Wildman–Crippen LogP) is 3.67. The minimum atomic E-state index is -3.80. The van der Waals surface area contributed by atoms with Crippen LogP contribution in [0.3, 0.4) is 0 Å². The van der Waals surface area contributed by atoms with Crippen molar-refractivity contribution in [1.29, 1.82) is 0 Å². The largest absolute Gasteiger partial charge is 0.465 e. The van der Waals surface area contributed by atoms with Crippen LogP contribution < -0.4 is 4.31 Å². The molecule has 0 aliphatic rings. The summed E-state index contributed by atoms with van der Waals surface area (Å²) in [5.41, 5.74) is 0.421. The van der Waals surface area contributed by atoms with Crippen molar-refractivity contribution in [2.45, 2.75) is 9.79 Å². The molecule has 128 valence electrons. The number of anilines is 1. The first-order valence-corrected chi connectivity index (χ1v) is 9.86. The molecule has 2 aromatic carbocycles. The number of benzene rings is 2. The number of carbonyl (C=O) groups excluding carboxylic acids is 1. The molecule has 0 atom stereocenters. The van der Waals surface area contributed by atoms with Crippen LogP contribution in [-0.2, 0) is 14.8 Å². The van der Waals surface area contributed by atoms with Crippen LogP contribution in [0.2, 0.25) is 5.02 Å². The quantitative estimate of drug-likeness (QED) is 0.580. The van der Waals surface area contributed by atoms with Crippen LogP contribution in [0.25, 0.3) is 0 Å². The third-order valence-electron chi connectivity index (χ3n) is 3.42. The second-order valence-corrected chi connectivity index (χ2v) is 8.06. The van der Waals surface area contributed by atoms with E-state index in [-0.39, 0.29) is 21.2 Å². The molecule has 0 aliphatic carbocycles. The van der Waals surface area contributed by atoms with E-state index in [0.717, 1.165) is 9.20 Å². The summed E-state index contributed by atoms with van der Waals surface area (Å²) in [5, 5.41) is 0.217. The smallest absolute Gasteiger partial charge is 0.337 e. The molecule has 2 rings (SSSR count). The van der Waals surface area contributed by atoms with Crippen molar-refractivity contribution in [3.05, 3.63) is 53.1 Å². The lowest BCUT2D eigenvalue weighted by molar-refractivity contribution is 0.0601. The highest BCUT2D eigenvalue weighted by Crippen LogP contribution is 2.31. The average molecular weight is 386 g/mol. The van der Waals surface area contributed by atoms with Crippen LogP contribution in [0.5, 0.6) is 0 Å². The van der Waals surface area contributed by atoms with Crippen molar-refractivity contribution in [3.8, 4) is 0 Å². The molecule has 0 amide bonds. The van der Waals surface area contributed by atoms with Crippen molar-refractivity contribution in [2.24, 2.45) is 0 Å². The summed E-state index contributed by atoms with van der Waals surface area (Å²) in [6, 6.07) is 10.9. The van der Waals surface area contributed by atoms with Crippen LogP contribution in [0, 0.1) is 0 Å². The molecule has 0 fully saturated rings. The molecule has 0 aromatic heterocycles. The van der Waals surface area contributed by atoms with E-state index in [1.165, 1.54) is 56.3 Å². The monoisotopic (exact) mass is 385 g/mol. The third-order valence-corrected chi connectivity index (χ3v) is 6.27. The summed E-state index contributed by atoms with van der Waals surface area (Å²) in [5.74, 6) is -0.567. The highest BCUT2D eigenvalue weighted by Gasteiger charge is 2.24. The van der Waals surface area contributed by atoms with Gasteiger partial charge < -0.3 is 4.74 Å². The van der Waals surface area contributed by atoms with Crippen LogP contribution >= 0.6 is 23.4 Å².